The Morgan fingerprint density at radius 1 is 0.941 bits per heavy atom. The predicted octanol–water partition coefficient (Wildman–Crippen LogP) is 3.14. The lowest BCUT2D eigenvalue weighted by Crippen LogP contribution is -2.35. The summed E-state index contributed by atoms with van der Waals surface area (Å²) in [5.41, 5.74) is 3.43. The summed E-state index contributed by atoms with van der Waals surface area (Å²) in [6, 6.07) is 14.7. The number of fused-ring (bicyclic) bond motifs is 1. The van der Waals surface area contributed by atoms with Crippen LogP contribution in [0.5, 0.6) is 23.0 Å². The first-order chi connectivity index (χ1) is 16.5. The minimum absolute atomic E-state index is 0.253. The average molecular weight is 466 g/mol. The van der Waals surface area contributed by atoms with Gasteiger partial charge in [-0.3, -0.25) is 9.59 Å². The number of hydrogen-bond acceptors (Lipinski definition) is 7. The molecule has 0 spiro atoms. The van der Waals surface area contributed by atoms with Crippen LogP contribution in [0.15, 0.2) is 53.6 Å². The van der Waals surface area contributed by atoms with Crippen molar-refractivity contribution in [3.63, 3.8) is 0 Å². The summed E-state index contributed by atoms with van der Waals surface area (Å²) in [4.78, 5) is 24.8. The molecular formula is C25H27N3O6. The molecule has 2 N–H and O–H groups in total. The maximum atomic E-state index is 12.5. The van der Waals surface area contributed by atoms with Gasteiger partial charge in [0.2, 0.25) is 5.75 Å². The van der Waals surface area contributed by atoms with Crippen molar-refractivity contribution in [2.45, 2.75) is 6.92 Å². The number of rotatable bonds is 10. The van der Waals surface area contributed by atoms with E-state index in [1.807, 2.05) is 43.3 Å². The lowest BCUT2D eigenvalue weighted by molar-refractivity contribution is -0.120. The fraction of sp³-hybridized carbons (Fsp3) is 0.240. The lowest BCUT2D eigenvalue weighted by Gasteiger charge is -2.14. The highest BCUT2D eigenvalue weighted by Crippen LogP contribution is 2.38. The van der Waals surface area contributed by atoms with Gasteiger partial charge in [-0.25, -0.2) is 5.43 Å². The van der Waals surface area contributed by atoms with Gasteiger partial charge < -0.3 is 24.3 Å². The Balaban J connectivity index is 1.66. The van der Waals surface area contributed by atoms with E-state index in [1.54, 1.807) is 0 Å². The fourth-order valence-electron chi connectivity index (χ4n) is 3.37. The number of methoxy groups -OCH3 is 3. The molecule has 0 unspecified atom stereocenters. The maximum absolute atomic E-state index is 12.5. The van der Waals surface area contributed by atoms with Crippen LogP contribution in [-0.2, 0) is 4.79 Å². The van der Waals surface area contributed by atoms with Gasteiger partial charge in [-0.05, 0) is 35.9 Å². The molecule has 34 heavy (non-hydrogen) atoms. The number of amides is 2. The zero-order chi connectivity index (χ0) is 24.5. The first-order valence-corrected chi connectivity index (χ1v) is 10.6. The number of nitrogens with one attached hydrogen (secondary N) is 2. The molecular weight excluding hydrogens is 438 g/mol. The summed E-state index contributed by atoms with van der Waals surface area (Å²) >= 11 is 0. The molecule has 9 nitrogen and oxygen atoms in total. The van der Waals surface area contributed by atoms with E-state index >= 15 is 0 Å². The number of hydrazone groups is 1. The minimum Gasteiger partial charge on any atom is -0.493 e. The summed E-state index contributed by atoms with van der Waals surface area (Å²) < 4.78 is 21.5. The molecule has 3 aromatic rings. The van der Waals surface area contributed by atoms with Crippen molar-refractivity contribution in [3.8, 4) is 23.0 Å². The second kappa shape index (κ2) is 11.6. The van der Waals surface area contributed by atoms with Crippen molar-refractivity contribution in [1.29, 1.82) is 0 Å². The van der Waals surface area contributed by atoms with Gasteiger partial charge in [0, 0.05) is 11.1 Å². The Kier molecular flexibility index (Phi) is 8.28. The van der Waals surface area contributed by atoms with E-state index in [0.29, 0.717) is 29.6 Å². The summed E-state index contributed by atoms with van der Waals surface area (Å²) in [6.07, 6.45) is 1.53. The number of carbonyl (C=O) groups excluding carboxylic acids is 2. The third-order valence-electron chi connectivity index (χ3n) is 4.95. The van der Waals surface area contributed by atoms with Crippen molar-refractivity contribution in [2.75, 3.05) is 34.5 Å². The van der Waals surface area contributed by atoms with Crippen molar-refractivity contribution in [2.24, 2.45) is 5.10 Å². The van der Waals surface area contributed by atoms with E-state index in [0.717, 1.165) is 16.3 Å². The number of carbonyl (C=O) groups is 2. The van der Waals surface area contributed by atoms with Crippen LogP contribution in [0.1, 0.15) is 22.8 Å². The van der Waals surface area contributed by atoms with Crippen LogP contribution in [0.4, 0.5) is 0 Å². The summed E-state index contributed by atoms with van der Waals surface area (Å²) in [5.74, 6) is 0.729. The van der Waals surface area contributed by atoms with Gasteiger partial charge in [0.15, 0.2) is 11.5 Å². The molecule has 0 saturated carbocycles. The molecule has 0 saturated heterocycles. The van der Waals surface area contributed by atoms with Gasteiger partial charge in [-0.2, -0.15) is 5.10 Å². The molecule has 9 heteroatoms. The molecule has 0 atom stereocenters. The first kappa shape index (κ1) is 24.4. The quantitative estimate of drug-likeness (QED) is 0.352. The van der Waals surface area contributed by atoms with Gasteiger partial charge >= 0.3 is 0 Å². The highest BCUT2D eigenvalue weighted by atomic mass is 16.5. The van der Waals surface area contributed by atoms with Gasteiger partial charge in [-0.15, -0.1) is 0 Å². The van der Waals surface area contributed by atoms with Crippen molar-refractivity contribution in [1.82, 2.24) is 10.7 Å². The predicted molar refractivity (Wildman–Crippen MR) is 129 cm³/mol. The fourth-order valence-corrected chi connectivity index (χ4v) is 3.37. The number of benzene rings is 3. The standard InChI is InChI=1S/C25H27N3O6/c1-5-34-20-11-10-16-8-6-7-9-18(16)19(20)14-27-28-23(29)15-26-25(30)17-12-21(31-2)24(33-4)22(13-17)32-3/h6-14H,5,15H2,1-4H3,(H,26,30)(H,28,29)/b27-14-. The van der Waals surface area contributed by atoms with Crippen molar-refractivity contribution in [3.05, 3.63) is 59.7 Å². The van der Waals surface area contributed by atoms with Crippen LogP contribution in [0.25, 0.3) is 10.8 Å². The Bertz CT molecular complexity index is 1180. The normalized spacial score (nSPS) is 10.7. The van der Waals surface area contributed by atoms with Crippen LogP contribution in [0.2, 0.25) is 0 Å². The molecule has 0 aliphatic rings. The minimum atomic E-state index is -0.491. The van der Waals surface area contributed by atoms with Gasteiger partial charge in [0.05, 0.1) is 40.7 Å². The van der Waals surface area contributed by atoms with E-state index < -0.39 is 11.8 Å². The zero-order valence-electron chi connectivity index (χ0n) is 19.5. The highest BCUT2D eigenvalue weighted by molar-refractivity contribution is 6.03. The van der Waals surface area contributed by atoms with Crippen molar-refractivity contribution >= 4 is 28.8 Å². The molecule has 0 aromatic heterocycles. The molecule has 3 aromatic carbocycles. The largest absolute Gasteiger partial charge is 0.493 e. The second-order valence-electron chi connectivity index (χ2n) is 7.02. The van der Waals surface area contributed by atoms with Crippen LogP contribution in [0.3, 0.4) is 0 Å². The molecule has 3 rings (SSSR count). The van der Waals surface area contributed by atoms with Gasteiger partial charge in [0.25, 0.3) is 11.8 Å². The molecule has 2 amide bonds. The molecule has 0 aliphatic carbocycles. The third-order valence-corrected chi connectivity index (χ3v) is 4.95. The smallest absolute Gasteiger partial charge is 0.259 e. The molecule has 0 fully saturated rings. The molecule has 0 heterocycles. The van der Waals surface area contributed by atoms with Crippen LogP contribution in [0, 0.1) is 0 Å². The Hall–Kier alpha value is -4.27. The van der Waals surface area contributed by atoms with E-state index in [2.05, 4.69) is 15.8 Å². The van der Waals surface area contributed by atoms with Gasteiger partial charge in [0.1, 0.15) is 5.75 Å². The zero-order valence-corrected chi connectivity index (χ0v) is 19.5. The SMILES string of the molecule is CCOc1ccc2ccccc2c1/C=N\NC(=O)CNC(=O)c1cc(OC)c(OC)c(OC)c1. The lowest BCUT2D eigenvalue weighted by atomic mass is 10.0. The van der Waals surface area contributed by atoms with Crippen LogP contribution >= 0.6 is 0 Å². The monoisotopic (exact) mass is 465 g/mol. The molecule has 0 radical (unpaired) electrons. The van der Waals surface area contributed by atoms with E-state index in [1.165, 1.54) is 39.7 Å². The van der Waals surface area contributed by atoms with Gasteiger partial charge in [-0.1, -0.05) is 30.3 Å². The maximum Gasteiger partial charge on any atom is 0.259 e. The third kappa shape index (κ3) is 5.55. The summed E-state index contributed by atoms with van der Waals surface area (Å²) in [5, 5.41) is 8.57. The Morgan fingerprint density at radius 3 is 2.29 bits per heavy atom. The number of hydrogen-bond donors (Lipinski definition) is 2. The summed E-state index contributed by atoms with van der Waals surface area (Å²) in [7, 11) is 4.38. The highest BCUT2D eigenvalue weighted by Gasteiger charge is 2.17. The number of nitrogens with zero attached hydrogens (tertiary/aromatic N) is 1. The van der Waals surface area contributed by atoms with Crippen LogP contribution in [-0.4, -0.2) is 52.5 Å². The van der Waals surface area contributed by atoms with E-state index in [-0.39, 0.29) is 12.1 Å². The topological polar surface area (TPSA) is 107 Å². The van der Waals surface area contributed by atoms with Crippen molar-refractivity contribution < 1.29 is 28.5 Å². The second-order valence-corrected chi connectivity index (χ2v) is 7.02. The van der Waals surface area contributed by atoms with E-state index in [4.69, 9.17) is 18.9 Å². The molecule has 178 valence electrons. The summed E-state index contributed by atoms with van der Waals surface area (Å²) in [6.45, 7) is 2.12. The average Bonchev–Trinajstić information content (AvgIpc) is 2.87. The molecule has 0 aliphatic heterocycles. The molecule has 0 bridgehead atoms. The Labute approximate surface area is 197 Å². The first-order valence-electron chi connectivity index (χ1n) is 10.6. The van der Waals surface area contributed by atoms with E-state index in [9.17, 15) is 9.59 Å². The Morgan fingerprint density at radius 2 is 1.65 bits per heavy atom. The number of ether oxygens (including phenoxy) is 4. The van der Waals surface area contributed by atoms with Crippen LogP contribution < -0.4 is 29.7 Å².